The number of carbonyl (C=O) groups is 1. The zero-order chi connectivity index (χ0) is 13.8. The molecular formula is C14H14N2O3. The van der Waals surface area contributed by atoms with Crippen molar-refractivity contribution < 1.29 is 14.6 Å². The standard InChI is InChI=1S/C14H14N2O3/c1-3-10-6-4-5-7-12(10)19-13-8-11(14(17)18)15-9(2)16-13/h4-8H,3H2,1-2H3,(H,17,18). The maximum Gasteiger partial charge on any atom is 0.354 e. The number of carboxylic acid groups (broad SMARTS) is 1. The number of nitrogens with zero attached hydrogens (tertiary/aromatic N) is 2. The summed E-state index contributed by atoms with van der Waals surface area (Å²) in [5, 5.41) is 8.95. The van der Waals surface area contributed by atoms with Crippen molar-refractivity contribution in [2.24, 2.45) is 0 Å². The highest BCUT2D eigenvalue weighted by Crippen LogP contribution is 2.24. The van der Waals surface area contributed by atoms with Crippen LogP contribution in [0.5, 0.6) is 11.6 Å². The Kier molecular flexibility index (Phi) is 3.75. The fraction of sp³-hybridized carbons (Fsp3) is 0.214. The molecule has 0 spiro atoms. The third kappa shape index (κ3) is 3.07. The minimum atomic E-state index is -1.10. The second-order valence-electron chi connectivity index (χ2n) is 4.01. The van der Waals surface area contributed by atoms with Gasteiger partial charge in [0.15, 0.2) is 5.69 Å². The Labute approximate surface area is 110 Å². The Hall–Kier alpha value is -2.43. The summed E-state index contributed by atoms with van der Waals surface area (Å²) in [6, 6.07) is 8.90. The number of hydrogen-bond acceptors (Lipinski definition) is 4. The molecule has 1 aromatic heterocycles. The molecule has 0 radical (unpaired) electrons. The van der Waals surface area contributed by atoms with Crippen LogP contribution in [0, 0.1) is 6.92 Å². The predicted molar refractivity (Wildman–Crippen MR) is 69.6 cm³/mol. The molecule has 19 heavy (non-hydrogen) atoms. The summed E-state index contributed by atoms with van der Waals surface area (Å²) < 4.78 is 5.66. The number of rotatable bonds is 4. The average molecular weight is 258 g/mol. The zero-order valence-corrected chi connectivity index (χ0v) is 10.8. The van der Waals surface area contributed by atoms with Gasteiger partial charge in [-0.1, -0.05) is 25.1 Å². The lowest BCUT2D eigenvalue weighted by molar-refractivity contribution is 0.0689. The number of aryl methyl sites for hydroxylation is 2. The van der Waals surface area contributed by atoms with E-state index in [1.165, 1.54) is 6.07 Å². The Morgan fingerprint density at radius 1 is 1.32 bits per heavy atom. The van der Waals surface area contributed by atoms with Crippen molar-refractivity contribution in [1.29, 1.82) is 0 Å². The summed E-state index contributed by atoms with van der Waals surface area (Å²) in [5.74, 6) is 0.188. The SMILES string of the molecule is CCc1ccccc1Oc1cc(C(=O)O)nc(C)n1. The van der Waals surface area contributed by atoms with Crippen molar-refractivity contribution in [3.05, 3.63) is 47.4 Å². The third-order valence-electron chi connectivity index (χ3n) is 2.60. The van der Waals surface area contributed by atoms with Crippen LogP contribution in [0.15, 0.2) is 30.3 Å². The number of benzene rings is 1. The highest BCUT2D eigenvalue weighted by molar-refractivity contribution is 5.85. The van der Waals surface area contributed by atoms with Crippen LogP contribution in [0.2, 0.25) is 0 Å². The predicted octanol–water partition coefficient (Wildman–Crippen LogP) is 2.84. The number of carboxylic acids is 1. The van der Waals surface area contributed by atoms with E-state index in [1.54, 1.807) is 6.92 Å². The molecule has 0 bridgehead atoms. The van der Waals surface area contributed by atoms with E-state index in [-0.39, 0.29) is 11.6 Å². The van der Waals surface area contributed by atoms with Crippen LogP contribution in [-0.4, -0.2) is 21.0 Å². The summed E-state index contributed by atoms with van der Waals surface area (Å²) in [5.41, 5.74) is 0.965. The molecule has 0 atom stereocenters. The van der Waals surface area contributed by atoms with E-state index in [2.05, 4.69) is 9.97 Å². The minimum absolute atomic E-state index is 0.0727. The first-order valence-electron chi connectivity index (χ1n) is 5.95. The maximum absolute atomic E-state index is 10.9. The fourth-order valence-electron chi connectivity index (χ4n) is 1.71. The van der Waals surface area contributed by atoms with Crippen molar-refractivity contribution in [2.75, 3.05) is 0 Å². The topological polar surface area (TPSA) is 72.3 Å². The smallest absolute Gasteiger partial charge is 0.354 e. The largest absolute Gasteiger partial charge is 0.477 e. The maximum atomic E-state index is 10.9. The van der Waals surface area contributed by atoms with Gasteiger partial charge in [0.1, 0.15) is 11.6 Å². The summed E-state index contributed by atoms with van der Waals surface area (Å²) in [6.07, 6.45) is 0.825. The van der Waals surface area contributed by atoms with Gasteiger partial charge in [0, 0.05) is 6.07 Å². The van der Waals surface area contributed by atoms with Gasteiger partial charge in [-0.3, -0.25) is 0 Å². The Balaban J connectivity index is 2.35. The van der Waals surface area contributed by atoms with Gasteiger partial charge in [0.2, 0.25) is 5.88 Å². The molecule has 0 aliphatic carbocycles. The molecule has 1 heterocycles. The van der Waals surface area contributed by atoms with Crippen molar-refractivity contribution in [3.63, 3.8) is 0 Å². The highest BCUT2D eigenvalue weighted by Gasteiger charge is 2.11. The first kappa shape index (κ1) is 13.0. The first-order chi connectivity index (χ1) is 9.10. The van der Waals surface area contributed by atoms with Crippen LogP contribution >= 0.6 is 0 Å². The van der Waals surface area contributed by atoms with Crippen molar-refractivity contribution in [3.8, 4) is 11.6 Å². The second-order valence-corrected chi connectivity index (χ2v) is 4.01. The van der Waals surface area contributed by atoms with Gasteiger partial charge in [0.25, 0.3) is 0 Å². The molecule has 2 aromatic rings. The molecule has 1 aromatic carbocycles. The van der Waals surface area contributed by atoms with Crippen LogP contribution in [-0.2, 0) is 6.42 Å². The fourth-order valence-corrected chi connectivity index (χ4v) is 1.71. The van der Waals surface area contributed by atoms with E-state index >= 15 is 0 Å². The first-order valence-corrected chi connectivity index (χ1v) is 5.95. The number of para-hydroxylation sites is 1. The molecular weight excluding hydrogens is 244 g/mol. The summed E-state index contributed by atoms with van der Waals surface area (Å²) in [6.45, 7) is 3.65. The highest BCUT2D eigenvalue weighted by atomic mass is 16.5. The van der Waals surface area contributed by atoms with Crippen molar-refractivity contribution in [1.82, 2.24) is 9.97 Å². The van der Waals surface area contributed by atoms with Gasteiger partial charge in [-0.2, -0.15) is 4.98 Å². The number of aromatic carboxylic acids is 1. The molecule has 2 rings (SSSR count). The summed E-state index contributed by atoms with van der Waals surface area (Å²) in [4.78, 5) is 18.9. The normalized spacial score (nSPS) is 10.2. The molecule has 0 saturated carbocycles. The van der Waals surface area contributed by atoms with Gasteiger partial charge in [-0.25, -0.2) is 9.78 Å². The average Bonchev–Trinajstić information content (AvgIpc) is 2.38. The zero-order valence-electron chi connectivity index (χ0n) is 10.8. The molecule has 0 fully saturated rings. The van der Waals surface area contributed by atoms with Crippen molar-refractivity contribution >= 4 is 5.97 Å². The van der Waals surface area contributed by atoms with Gasteiger partial charge < -0.3 is 9.84 Å². The van der Waals surface area contributed by atoms with Crippen molar-refractivity contribution in [2.45, 2.75) is 20.3 Å². The van der Waals surface area contributed by atoms with Gasteiger partial charge in [-0.05, 0) is 25.0 Å². The van der Waals surface area contributed by atoms with E-state index in [0.29, 0.717) is 11.6 Å². The van der Waals surface area contributed by atoms with Gasteiger partial charge >= 0.3 is 5.97 Å². The molecule has 0 aliphatic rings. The Morgan fingerprint density at radius 2 is 2.05 bits per heavy atom. The molecule has 0 aliphatic heterocycles. The van der Waals surface area contributed by atoms with Crippen LogP contribution in [0.1, 0.15) is 28.8 Å². The molecule has 0 amide bonds. The quantitative estimate of drug-likeness (QED) is 0.912. The molecule has 0 unspecified atom stereocenters. The third-order valence-corrected chi connectivity index (χ3v) is 2.60. The lowest BCUT2D eigenvalue weighted by Crippen LogP contribution is -2.04. The lowest BCUT2D eigenvalue weighted by Gasteiger charge is -2.09. The van der Waals surface area contributed by atoms with Gasteiger partial charge in [-0.15, -0.1) is 0 Å². The Bertz CT molecular complexity index is 611. The number of aromatic nitrogens is 2. The number of ether oxygens (including phenoxy) is 1. The summed E-state index contributed by atoms with van der Waals surface area (Å²) in [7, 11) is 0. The summed E-state index contributed by atoms with van der Waals surface area (Å²) >= 11 is 0. The van der Waals surface area contributed by atoms with Gasteiger partial charge in [0.05, 0.1) is 0 Å². The van der Waals surface area contributed by atoms with E-state index in [9.17, 15) is 4.79 Å². The monoisotopic (exact) mass is 258 g/mol. The van der Waals surface area contributed by atoms with Crippen LogP contribution in [0.3, 0.4) is 0 Å². The molecule has 1 N–H and O–H groups in total. The second kappa shape index (κ2) is 5.48. The van der Waals surface area contributed by atoms with Crippen LogP contribution in [0.4, 0.5) is 0 Å². The van der Waals surface area contributed by atoms with E-state index < -0.39 is 5.97 Å². The lowest BCUT2D eigenvalue weighted by atomic mass is 10.1. The molecule has 5 nitrogen and oxygen atoms in total. The van der Waals surface area contributed by atoms with Crippen LogP contribution < -0.4 is 4.74 Å². The van der Waals surface area contributed by atoms with E-state index in [0.717, 1.165) is 12.0 Å². The molecule has 5 heteroatoms. The van der Waals surface area contributed by atoms with Crippen LogP contribution in [0.25, 0.3) is 0 Å². The minimum Gasteiger partial charge on any atom is -0.477 e. The van der Waals surface area contributed by atoms with E-state index in [4.69, 9.17) is 9.84 Å². The van der Waals surface area contributed by atoms with E-state index in [1.807, 2.05) is 31.2 Å². The molecule has 98 valence electrons. The molecule has 0 saturated heterocycles. The Morgan fingerprint density at radius 3 is 2.74 bits per heavy atom. The number of hydrogen-bond donors (Lipinski definition) is 1.